The quantitative estimate of drug-likeness (QED) is 0.645. The van der Waals surface area contributed by atoms with E-state index in [1.807, 2.05) is 28.8 Å². The second-order valence-corrected chi connectivity index (χ2v) is 7.07. The highest BCUT2D eigenvalue weighted by Gasteiger charge is 2.13. The number of hydrogen-bond donors (Lipinski definition) is 1. The molecule has 1 saturated heterocycles. The Balaban J connectivity index is 1.40. The number of amides is 1. The molecule has 0 bridgehead atoms. The van der Waals surface area contributed by atoms with Gasteiger partial charge < -0.3 is 14.6 Å². The molecule has 4 heterocycles. The van der Waals surface area contributed by atoms with Crippen LogP contribution in [0, 0.1) is 0 Å². The Kier molecular flexibility index (Phi) is 5.20. The third-order valence-electron chi connectivity index (χ3n) is 5.23. The molecule has 27 heavy (non-hydrogen) atoms. The number of nitrogens with one attached hydrogen (secondary N) is 1. The number of carbonyl (C=O) groups excluding carboxylic acids is 1. The van der Waals surface area contributed by atoms with Gasteiger partial charge in [0.25, 0.3) is 5.56 Å². The fourth-order valence-corrected chi connectivity index (χ4v) is 3.83. The number of rotatable bonds is 7. The molecule has 1 aliphatic rings. The van der Waals surface area contributed by atoms with Gasteiger partial charge in [-0.15, -0.1) is 0 Å². The highest BCUT2D eigenvalue weighted by atomic mass is 16.2. The summed E-state index contributed by atoms with van der Waals surface area (Å²) < 4.78 is 3.45. The molecule has 7 nitrogen and oxygen atoms in total. The minimum Gasteiger partial charge on any atom is -0.356 e. The molecule has 0 radical (unpaired) electrons. The van der Waals surface area contributed by atoms with Crippen molar-refractivity contribution in [2.45, 2.75) is 32.2 Å². The van der Waals surface area contributed by atoms with Crippen LogP contribution in [0.15, 0.2) is 41.5 Å². The largest absolute Gasteiger partial charge is 0.356 e. The van der Waals surface area contributed by atoms with Gasteiger partial charge in [0, 0.05) is 31.9 Å². The lowest BCUT2D eigenvalue weighted by Crippen LogP contribution is -2.31. The van der Waals surface area contributed by atoms with Crippen LogP contribution in [0.3, 0.4) is 0 Å². The predicted octanol–water partition coefficient (Wildman–Crippen LogP) is 1.64. The molecular weight excluding hydrogens is 342 g/mol. The number of likely N-dealkylation sites (tertiary alicyclic amines) is 1. The van der Waals surface area contributed by atoms with E-state index in [-0.39, 0.29) is 17.9 Å². The van der Waals surface area contributed by atoms with Crippen LogP contribution in [0.4, 0.5) is 0 Å². The minimum absolute atomic E-state index is 0.0253. The van der Waals surface area contributed by atoms with Crippen molar-refractivity contribution in [3.05, 3.63) is 47.0 Å². The van der Waals surface area contributed by atoms with E-state index in [0.717, 1.165) is 18.5 Å². The van der Waals surface area contributed by atoms with Gasteiger partial charge in [-0.05, 0) is 63.2 Å². The Labute approximate surface area is 157 Å². The smallest absolute Gasteiger partial charge is 0.276 e. The van der Waals surface area contributed by atoms with Gasteiger partial charge in [-0.2, -0.15) is 0 Å². The van der Waals surface area contributed by atoms with E-state index in [1.54, 1.807) is 16.8 Å². The first-order valence-corrected chi connectivity index (χ1v) is 9.68. The van der Waals surface area contributed by atoms with E-state index < -0.39 is 0 Å². The average molecular weight is 367 g/mol. The number of carbonyl (C=O) groups is 1. The molecule has 1 N–H and O–H groups in total. The van der Waals surface area contributed by atoms with Crippen molar-refractivity contribution in [1.82, 2.24) is 24.2 Å². The Morgan fingerprint density at radius 1 is 1.11 bits per heavy atom. The minimum atomic E-state index is -0.118. The van der Waals surface area contributed by atoms with Crippen LogP contribution in [-0.2, 0) is 11.3 Å². The van der Waals surface area contributed by atoms with Crippen molar-refractivity contribution in [2.24, 2.45) is 0 Å². The summed E-state index contributed by atoms with van der Waals surface area (Å²) in [6.45, 7) is 4.41. The van der Waals surface area contributed by atoms with E-state index in [2.05, 4.69) is 15.2 Å². The van der Waals surface area contributed by atoms with Crippen LogP contribution < -0.4 is 10.9 Å². The fourth-order valence-electron chi connectivity index (χ4n) is 3.83. The fraction of sp³-hybridized carbons (Fsp3) is 0.450. The lowest BCUT2D eigenvalue weighted by molar-refractivity contribution is -0.121. The molecule has 142 valence electrons. The highest BCUT2D eigenvalue weighted by molar-refractivity contribution is 5.77. The molecule has 3 aromatic rings. The van der Waals surface area contributed by atoms with Crippen molar-refractivity contribution in [1.29, 1.82) is 0 Å². The van der Waals surface area contributed by atoms with Gasteiger partial charge in [0.15, 0.2) is 5.65 Å². The molecule has 0 saturated carbocycles. The van der Waals surface area contributed by atoms with Gasteiger partial charge in [-0.25, -0.2) is 4.98 Å². The normalized spacial score (nSPS) is 15.0. The molecule has 0 aromatic carbocycles. The second kappa shape index (κ2) is 7.92. The molecule has 4 rings (SSSR count). The van der Waals surface area contributed by atoms with Gasteiger partial charge in [0.05, 0.1) is 5.52 Å². The van der Waals surface area contributed by atoms with Gasteiger partial charge >= 0.3 is 0 Å². The van der Waals surface area contributed by atoms with Crippen LogP contribution >= 0.6 is 0 Å². The Morgan fingerprint density at radius 3 is 2.78 bits per heavy atom. The summed E-state index contributed by atoms with van der Waals surface area (Å²) in [7, 11) is 0. The number of fused-ring (bicyclic) bond motifs is 3. The molecule has 1 fully saturated rings. The summed E-state index contributed by atoms with van der Waals surface area (Å²) >= 11 is 0. The Hall–Kier alpha value is -2.67. The molecular formula is C20H25N5O2. The van der Waals surface area contributed by atoms with E-state index in [9.17, 15) is 9.59 Å². The first-order chi connectivity index (χ1) is 13.2. The summed E-state index contributed by atoms with van der Waals surface area (Å²) in [5.74, 6) is -0.0253. The van der Waals surface area contributed by atoms with Crippen molar-refractivity contribution >= 4 is 22.6 Å². The first-order valence-electron chi connectivity index (χ1n) is 9.68. The summed E-state index contributed by atoms with van der Waals surface area (Å²) in [4.78, 5) is 31.8. The molecule has 3 aromatic heterocycles. The zero-order valence-electron chi connectivity index (χ0n) is 15.4. The van der Waals surface area contributed by atoms with Crippen molar-refractivity contribution in [3.63, 3.8) is 0 Å². The number of hydrogen-bond acceptors (Lipinski definition) is 4. The first kappa shape index (κ1) is 17.7. The highest BCUT2D eigenvalue weighted by Crippen LogP contribution is 2.13. The average Bonchev–Trinajstić information content (AvgIpc) is 3.37. The third kappa shape index (κ3) is 3.73. The van der Waals surface area contributed by atoms with Gasteiger partial charge in [-0.1, -0.05) is 0 Å². The topological polar surface area (TPSA) is 71.6 Å². The standard InChI is InChI=1S/C20H25N5O2/c26-18(21-10-5-13-23-11-1-2-12-23)8-15-25-19-16(6-3-9-22-19)24-14-4-7-17(24)20(25)27/h3-4,6-7,9,14H,1-2,5,8,10-13,15H2,(H,21,26). The summed E-state index contributed by atoms with van der Waals surface area (Å²) in [5, 5.41) is 2.97. The van der Waals surface area contributed by atoms with Crippen LogP contribution in [0.5, 0.6) is 0 Å². The van der Waals surface area contributed by atoms with Crippen molar-refractivity contribution < 1.29 is 4.79 Å². The molecule has 0 aliphatic carbocycles. The van der Waals surface area contributed by atoms with Gasteiger partial charge in [-0.3, -0.25) is 14.2 Å². The number of pyridine rings is 1. The third-order valence-corrected chi connectivity index (χ3v) is 5.23. The van der Waals surface area contributed by atoms with Gasteiger partial charge in [0.1, 0.15) is 5.52 Å². The van der Waals surface area contributed by atoms with Gasteiger partial charge in [0.2, 0.25) is 5.91 Å². The van der Waals surface area contributed by atoms with E-state index in [1.165, 1.54) is 25.9 Å². The van der Waals surface area contributed by atoms with Crippen LogP contribution in [0.2, 0.25) is 0 Å². The summed E-state index contributed by atoms with van der Waals surface area (Å²) in [6.07, 6.45) is 7.34. The number of aryl methyl sites for hydroxylation is 1. The predicted molar refractivity (Wildman–Crippen MR) is 105 cm³/mol. The molecule has 7 heteroatoms. The number of nitrogens with zero attached hydrogens (tertiary/aromatic N) is 4. The summed E-state index contributed by atoms with van der Waals surface area (Å²) in [5.41, 5.74) is 1.95. The number of aromatic nitrogens is 3. The van der Waals surface area contributed by atoms with Crippen molar-refractivity contribution in [2.75, 3.05) is 26.2 Å². The monoisotopic (exact) mass is 367 g/mol. The van der Waals surface area contributed by atoms with Crippen LogP contribution in [0.25, 0.3) is 16.7 Å². The molecule has 1 aliphatic heterocycles. The van der Waals surface area contributed by atoms with Crippen LogP contribution in [0.1, 0.15) is 25.7 Å². The molecule has 0 spiro atoms. The maximum absolute atomic E-state index is 12.8. The van der Waals surface area contributed by atoms with Crippen molar-refractivity contribution in [3.8, 4) is 0 Å². The zero-order valence-corrected chi connectivity index (χ0v) is 15.4. The molecule has 1 amide bonds. The second-order valence-electron chi connectivity index (χ2n) is 7.07. The molecule has 0 unspecified atom stereocenters. The van der Waals surface area contributed by atoms with Crippen LogP contribution in [-0.4, -0.2) is 50.9 Å². The maximum Gasteiger partial charge on any atom is 0.276 e. The SMILES string of the molecule is O=C(CCn1c(=O)c2cccn2c2cccnc21)NCCCN1CCCC1. The summed E-state index contributed by atoms with van der Waals surface area (Å²) in [6, 6.07) is 7.43. The zero-order chi connectivity index (χ0) is 18.6. The Bertz CT molecular complexity index is 1000. The molecule has 0 atom stereocenters. The van der Waals surface area contributed by atoms with E-state index >= 15 is 0 Å². The lowest BCUT2D eigenvalue weighted by Gasteiger charge is -2.14. The maximum atomic E-state index is 12.8. The lowest BCUT2D eigenvalue weighted by atomic mass is 10.3. The van der Waals surface area contributed by atoms with E-state index in [4.69, 9.17) is 0 Å². The van der Waals surface area contributed by atoms with E-state index in [0.29, 0.717) is 24.3 Å². The Morgan fingerprint density at radius 2 is 1.93 bits per heavy atom.